The number of hydrogen-bond acceptors (Lipinski definition) is 3. The highest BCUT2D eigenvalue weighted by atomic mass is 16.5. The second-order valence-electron chi connectivity index (χ2n) is 5.64. The van der Waals surface area contributed by atoms with Crippen molar-refractivity contribution in [1.82, 2.24) is 4.90 Å². The van der Waals surface area contributed by atoms with E-state index in [1.54, 1.807) is 0 Å². The van der Waals surface area contributed by atoms with Crippen LogP contribution in [0.4, 0.5) is 0 Å². The molecule has 0 spiro atoms. The van der Waals surface area contributed by atoms with E-state index in [0.29, 0.717) is 0 Å². The Labute approximate surface area is 120 Å². The minimum absolute atomic E-state index is 0.0884. The maximum Gasteiger partial charge on any atom is 0.307 e. The molecule has 0 aliphatic heterocycles. The molecule has 1 aromatic rings. The minimum atomic E-state index is -0.789. The first kappa shape index (κ1) is 15.0. The van der Waals surface area contributed by atoms with Crippen molar-refractivity contribution in [2.45, 2.75) is 25.8 Å². The van der Waals surface area contributed by atoms with E-state index in [1.165, 1.54) is 18.4 Å². The van der Waals surface area contributed by atoms with Crippen molar-refractivity contribution < 1.29 is 14.6 Å². The predicted molar refractivity (Wildman–Crippen MR) is 77.7 cm³/mol. The summed E-state index contributed by atoms with van der Waals surface area (Å²) in [7, 11) is 2.08. The largest absolute Gasteiger partial charge is 0.481 e. The molecular formula is C16H23NO3. The molecule has 4 nitrogen and oxygen atoms in total. The highest BCUT2D eigenvalue weighted by Gasteiger charge is 2.20. The zero-order valence-electron chi connectivity index (χ0n) is 12.0. The molecule has 1 saturated carbocycles. The molecule has 0 amide bonds. The van der Waals surface area contributed by atoms with Crippen LogP contribution in [0.5, 0.6) is 0 Å². The van der Waals surface area contributed by atoms with Gasteiger partial charge in [-0.15, -0.1) is 0 Å². The van der Waals surface area contributed by atoms with Crippen LogP contribution >= 0.6 is 0 Å². The van der Waals surface area contributed by atoms with Crippen LogP contribution in [0.1, 0.15) is 24.0 Å². The average molecular weight is 277 g/mol. The van der Waals surface area contributed by atoms with Crippen molar-refractivity contribution >= 4 is 5.97 Å². The normalized spacial score (nSPS) is 14.7. The van der Waals surface area contributed by atoms with Gasteiger partial charge in [-0.1, -0.05) is 24.3 Å². The average Bonchev–Trinajstić information content (AvgIpc) is 3.21. The van der Waals surface area contributed by atoms with Gasteiger partial charge in [0, 0.05) is 19.7 Å². The van der Waals surface area contributed by atoms with Gasteiger partial charge >= 0.3 is 5.97 Å². The lowest BCUT2D eigenvalue weighted by molar-refractivity contribution is -0.136. The number of nitrogens with zero attached hydrogens (tertiary/aromatic N) is 1. The molecule has 0 heterocycles. The molecule has 0 unspecified atom stereocenters. The van der Waals surface area contributed by atoms with Crippen LogP contribution in [0.3, 0.4) is 0 Å². The molecule has 4 heteroatoms. The van der Waals surface area contributed by atoms with Gasteiger partial charge in [-0.3, -0.25) is 9.69 Å². The Kier molecular flexibility index (Phi) is 5.56. The Morgan fingerprint density at radius 2 is 1.95 bits per heavy atom. The third-order valence-corrected chi connectivity index (χ3v) is 3.50. The van der Waals surface area contributed by atoms with Gasteiger partial charge in [0.1, 0.15) is 0 Å². The van der Waals surface area contributed by atoms with Crippen molar-refractivity contribution in [2.75, 3.05) is 26.8 Å². The summed E-state index contributed by atoms with van der Waals surface area (Å²) in [6.45, 7) is 3.48. The predicted octanol–water partition coefficient (Wildman–Crippen LogP) is 2.17. The molecule has 110 valence electrons. The lowest BCUT2D eigenvalue weighted by Gasteiger charge is -2.16. The maximum atomic E-state index is 10.6. The summed E-state index contributed by atoms with van der Waals surface area (Å²) >= 11 is 0. The van der Waals surface area contributed by atoms with Crippen molar-refractivity contribution in [3.05, 3.63) is 35.4 Å². The molecular weight excluding hydrogens is 254 g/mol. The number of carbonyl (C=O) groups is 1. The van der Waals surface area contributed by atoms with Gasteiger partial charge in [0.05, 0.1) is 13.0 Å². The van der Waals surface area contributed by atoms with E-state index in [2.05, 4.69) is 11.9 Å². The number of carboxylic acids is 1. The van der Waals surface area contributed by atoms with E-state index in [4.69, 9.17) is 9.84 Å². The SMILES string of the molecule is CN(CCOCC1CC1)Cc1ccc(CC(=O)O)cc1. The van der Waals surface area contributed by atoms with Crippen LogP contribution in [-0.4, -0.2) is 42.8 Å². The summed E-state index contributed by atoms with van der Waals surface area (Å²) in [4.78, 5) is 12.8. The van der Waals surface area contributed by atoms with Crippen molar-refractivity contribution in [2.24, 2.45) is 5.92 Å². The third kappa shape index (κ3) is 5.72. The van der Waals surface area contributed by atoms with E-state index >= 15 is 0 Å². The lowest BCUT2D eigenvalue weighted by atomic mass is 10.1. The molecule has 1 aliphatic carbocycles. The second kappa shape index (κ2) is 7.41. The summed E-state index contributed by atoms with van der Waals surface area (Å²) in [6.07, 6.45) is 2.75. The van der Waals surface area contributed by atoms with Crippen LogP contribution in [0.2, 0.25) is 0 Å². The highest BCUT2D eigenvalue weighted by molar-refractivity contribution is 5.70. The van der Waals surface area contributed by atoms with E-state index in [-0.39, 0.29) is 6.42 Å². The lowest BCUT2D eigenvalue weighted by Crippen LogP contribution is -2.23. The topological polar surface area (TPSA) is 49.8 Å². The van der Waals surface area contributed by atoms with Crippen molar-refractivity contribution in [3.63, 3.8) is 0 Å². The van der Waals surface area contributed by atoms with Gasteiger partial charge in [0.25, 0.3) is 0 Å². The summed E-state index contributed by atoms with van der Waals surface area (Å²) in [6, 6.07) is 7.78. The van der Waals surface area contributed by atoms with E-state index in [1.807, 2.05) is 24.3 Å². The molecule has 0 bridgehead atoms. The quantitative estimate of drug-likeness (QED) is 0.703. The van der Waals surface area contributed by atoms with Crippen LogP contribution in [0.25, 0.3) is 0 Å². The summed E-state index contributed by atoms with van der Waals surface area (Å²) in [5, 5.41) is 8.72. The van der Waals surface area contributed by atoms with Crippen molar-refractivity contribution in [1.29, 1.82) is 0 Å². The van der Waals surface area contributed by atoms with Gasteiger partial charge in [-0.05, 0) is 36.9 Å². The summed E-state index contributed by atoms with van der Waals surface area (Å²) in [5.74, 6) is 0.0322. The number of ether oxygens (including phenoxy) is 1. The zero-order valence-corrected chi connectivity index (χ0v) is 12.0. The molecule has 0 aromatic heterocycles. The molecule has 0 radical (unpaired) electrons. The molecule has 1 aliphatic rings. The molecule has 1 fully saturated rings. The second-order valence-corrected chi connectivity index (χ2v) is 5.64. The fourth-order valence-corrected chi connectivity index (χ4v) is 2.08. The summed E-state index contributed by atoms with van der Waals surface area (Å²) in [5.41, 5.74) is 2.04. The van der Waals surface area contributed by atoms with Gasteiger partial charge in [0.2, 0.25) is 0 Å². The Morgan fingerprint density at radius 3 is 2.55 bits per heavy atom. The smallest absolute Gasteiger partial charge is 0.307 e. The molecule has 2 rings (SSSR count). The first-order valence-electron chi connectivity index (χ1n) is 7.19. The summed E-state index contributed by atoms with van der Waals surface area (Å²) < 4.78 is 5.62. The number of aliphatic carboxylic acids is 1. The minimum Gasteiger partial charge on any atom is -0.481 e. The number of likely N-dealkylation sites (N-methyl/N-ethyl adjacent to an activating group) is 1. The molecule has 1 aromatic carbocycles. The molecule has 0 atom stereocenters. The van der Waals surface area contributed by atoms with Crippen LogP contribution < -0.4 is 0 Å². The molecule has 0 saturated heterocycles. The van der Waals surface area contributed by atoms with E-state index in [0.717, 1.165) is 37.8 Å². The highest BCUT2D eigenvalue weighted by Crippen LogP contribution is 2.28. The Balaban J connectivity index is 1.66. The van der Waals surface area contributed by atoms with E-state index in [9.17, 15) is 4.79 Å². The maximum absolute atomic E-state index is 10.6. The zero-order chi connectivity index (χ0) is 14.4. The van der Waals surface area contributed by atoms with Crippen LogP contribution in [0.15, 0.2) is 24.3 Å². The molecule has 1 N–H and O–H groups in total. The van der Waals surface area contributed by atoms with E-state index < -0.39 is 5.97 Å². The number of benzene rings is 1. The fourth-order valence-electron chi connectivity index (χ4n) is 2.08. The van der Waals surface area contributed by atoms with Crippen LogP contribution in [-0.2, 0) is 22.5 Å². The monoisotopic (exact) mass is 277 g/mol. The number of rotatable bonds is 9. The van der Waals surface area contributed by atoms with Crippen LogP contribution in [0, 0.1) is 5.92 Å². The first-order chi connectivity index (χ1) is 9.63. The standard InChI is InChI=1S/C16H23NO3/c1-17(8-9-20-12-15-6-7-15)11-14-4-2-13(3-5-14)10-16(18)19/h2-5,15H,6-12H2,1H3,(H,18,19). The van der Waals surface area contributed by atoms with Gasteiger partial charge in [-0.2, -0.15) is 0 Å². The Hall–Kier alpha value is -1.39. The first-order valence-corrected chi connectivity index (χ1v) is 7.19. The van der Waals surface area contributed by atoms with Crippen molar-refractivity contribution in [3.8, 4) is 0 Å². The third-order valence-electron chi connectivity index (χ3n) is 3.50. The Morgan fingerprint density at radius 1 is 1.30 bits per heavy atom. The van der Waals surface area contributed by atoms with Gasteiger partial charge in [-0.25, -0.2) is 0 Å². The van der Waals surface area contributed by atoms with Gasteiger partial charge in [0.15, 0.2) is 0 Å². The fraction of sp³-hybridized carbons (Fsp3) is 0.562. The van der Waals surface area contributed by atoms with Gasteiger partial charge < -0.3 is 9.84 Å². The number of hydrogen-bond donors (Lipinski definition) is 1. The number of carboxylic acid groups (broad SMARTS) is 1. The molecule has 20 heavy (non-hydrogen) atoms. The Bertz CT molecular complexity index is 426.